The maximum absolute atomic E-state index is 11.6. The number of nitriles is 1. The Bertz CT molecular complexity index is 427. The van der Waals surface area contributed by atoms with Crippen LogP contribution in [0.2, 0.25) is 0 Å². The summed E-state index contributed by atoms with van der Waals surface area (Å²) in [5, 5.41) is 8.80. The zero-order chi connectivity index (χ0) is 12.9. The van der Waals surface area contributed by atoms with E-state index in [0.29, 0.717) is 6.61 Å². The minimum Gasteiger partial charge on any atom is -0.493 e. The van der Waals surface area contributed by atoms with Crippen LogP contribution in [-0.4, -0.2) is 12.4 Å². The minimum atomic E-state index is -0.920. The normalized spacial score (nSPS) is 10.7. The molecule has 0 aliphatic heterocycles. The standard InChI is InChI=1S/C14H17NO2/c1-11-4-6-12(7-5-11)17-9-8-13(16)14(2,3)10-15/h4-7H,8-9H2,1-3H3. The van der Waals surface area contributed by atoms with Crippen molar-refractivity contribution in [1.82, 2.24) is 0 Å². The molecule has 3 nitrogen and oxygen atoms in total. The molecule has 0 N–H and O–H groups in total. The topological polar surface area (TPSA) is 50.1 Å². The molecule has 0 radical (unpaired) electrons. The van der Waals surface area contributed by atoms with Crippen LogP contribution in [-0.2, 0) is 4.79 Å². The van der Waals surface area contributed by atoms with E-state index < -0.39 is 5.41 Å². The Morgan fingerprint density at radius 3 is 2.47 bits per heavy atom. The van der Waals surface area contributed by atoms with Crippen molar-refractivity contribution in [3.8, 4) is 11.8 Å². The number of benzene rings is 1. The van der Waals surface area contributed by atoms with Gasteiger partial charge in [0.15, 0.2) is 5.78 Å². The molecule has 1 aromatic carbocycles. The lowest BCUT2D eigenvalue weighted by Crippen LogP contribution is -2.23. The molecular formula is C14H17NO2. The Hall–Kier alpha value is -1.82. The van der Waals surface area contributed by atoms with Gasteiger partial charge >= 0.3 is 0 Å². The number of nitrogens with zero attached hydrogens (tertiary/aromatic N) is 1. The second-order valence-corrected chi connectivity index (χ2v) is 4.57. The van der Waals surface area contributed by atoms with Gasteiger partial charge in [-0.15, -0.1) is 0 Å². The van der Waals surface area contributed by atoms with Crippen LogP contribution in [0.4, 0.5) is 0 Å². The van der Waals surface area contributed by atoms with Crippen LogP contribution in [0.3, 0.4) is 0 Å². The fraction of sp³-hybridized carbons (Fsp3) is 0.429. The van der Waals surface area contributed by atoms with Crippen molar-refractivity contribution in [2.45, 2.75) is 27.2 Å². The molecule has 1 aromatic rings. The monoisotopic (exact) mass is 231 g/mol. The average Bonchev–Trinajstić information content (AvgIpc) is 2.31. The highest BCUT2D eigenvalue weighted by molar-refractivity contribution is 5.86. The average molecular weight is 231 g/mol. The SMILES string of the molecule is Cc1ccc(OCCC(=O)C(C)(C)C#N)cc1. The third-order valence-electron chi connectivity index (χ3n) is 2.60. The van der Waals surface area contributed by atoms with Crippen molar-refractivity contribution < 1.29 is 9.53 Å². The van der Waals surface area contributed by atoms with E-state index in [9.17, 15) is 4.79 Å². The number of hydrogen-bond donors (Lipinski definition) is 0. The summed E-state index contributed by atoms with van der Waals surface area (Å²) >= 11 is 0. The van der Waals surface area contributed by atoms with Crippen LogP contribution >= 0.6 is 0 Å². The molecule has 0 aromatic heterocycles. The van der Waals surface area contributed by atoms with Gasteiger partial charge in [-0.1, -0.05) is 17.7 Å². The van der Waals surface area contributed by atoms with E-state index in [1.54, 1.807) is 13.8 Å². The fourth-order valence-electron chi connectivity index (χ4n) is 1.27. The number of aryl methyl sites for hydroxylation is 1. The van der Waals surface area contributed by atoms with Crippen LogP contribution in [0.15, 0.2) is 24.3 Å². The summed E-state index contributed by atoms with van der Waals surface area (Å²) in [4.78, 5) is 11.6. The number of carbonyl (C=O) groups is 1. The molecule has 0 unspecified atom stereocenters. The molecule has 0 spiro atoms. The van der Waals surface area contributed by atoms with Gasteiger partial charge in [0.25, 0.3) is 0 Å². The van der Waals surface area contributed by atoms with Crippen molar-refractivity contribution in [2.24, 2.45) is 5.41 Å². The van der Waals surface area contributed by atoms with E-state index >= 15 is 0 Å². The van der Waals surface area contributed by atoms with Crippen LogP contribution in [0.5, 0.6) is 5.75 Å². The maximum Gasteiger partial charge on any atom is 0.155 e. The largest absolute Gasteiger partial charge is 0.493 e. The third-order valence-corrected chi connectivity index (χ3v) is 2.60. The first-order valence-electron chi connectivity index (χ1n) is 5.60. The van der Waals surface area contributed by atoms with Crippen LogP contribution < -0.4 is 4.74 Å². The van der Waals surface area contributed by atoms with E-state index in [-0.39, 0.29) is 12.2 Å². The Morgan fingerprint density at radius 2 is 1.94 bits per heavy atom. The summed E-state index contributed by atoms with van der Waals surface area (Å²) in [6.45, 7) is 5.57. The first kappa shape index (κ1) is 13.2. The highest BCUT2D eigenvalue weighted by Crippen LogP contribution is 2.17. The molecule has 90 valence electrons. The molecule has 0 aliphatic rings. The number of ketones is 1. The summed E-state index contributed by atoms with van der Waals surface area (Å²) < 4.78 is 5.44. The van der Waals surface area contributed by atoms with Crippen molar-refractivity contribution in [1.29, 1.82) is 5.26 Å². The van der Waals surface area contributed by atoms with Crippen LogP contribution in [0.1, 0.15) is 25.8 Å². The van der Waals surface area contributed by atoms with Crippen LogP contribution in [0, 0.1) is 23.7 Å². The van der Waals surface area contributed by atoms with Gasteiger partial charge in [-0.3, -0.25) is 4.79 Å². The molecule has 0 heterocycles. The Kier molecular flexibility index (Phi) is 4.28. The van der Waals surface area contributed by atoms with Crippen molar-refractivity contribution in [3.63, 3.8) is 0 Å². The van der Waals surface area contributed by atoms with E-state index in [4.69, 9.17) is 10.00 Å². The number of hydrogen-bond acceptors (Lipinski definition) is 3. The van der Waals surface area contributed by atoms with E-state index in [1.807, 2.05) is 37.3 Å². The second kappa shape index (κ2) is 5.49. The zero-order valence-corrected chi connectivity index (χ0v) is 10.5. The predicted molar refractivity (Wildman–Crippen MR) is 65.7 cm³/mol. The molecule has 0 aliphatic carbocycles. The highest BCUT2D eigenvalue weighted by Gasteiger charge is 2.26. The van der Waals surface area contributed by atoms with E-state index in [2.05, 4.69) is 0 Å². The second-order valence-electron chi connectivity index (χ2n) is 4.57. The lowest BCUT2D eigenvalue weighted by Gasteiger charge is -2.13. The van der Waals surface area contributed by atoms with Gasteiger partial charge in [0.05, 0.1) is 12.7 Å². The summed E-state index contributed by atoms with van der Waals surface area (Å²) in [5.74, 6) is 0.658. The molecule has 0 fully saturated rings. The molecule has 0 saturated carbocycles. The number of carbonyl (C=O) groups excluding carboxylic acids is 1. The van der Waals surface area contributed by atoms with Gasteiger partial charge in [-0.05, 0) is 32.9 Å². The Balaban J connectivity index is 2.41. The lowest BCUT2D eigenvalue weighted by molar-refractivity contribution is -0.125. The Labute approximate surface area is 102 Å². The first-order valence-corrected chi connectivity index (χ1v) is 5.60. The first-order chi connectivity index (χ1) is 7.95. The number of Topliss-reactive ketones (excluding diaryl/α,β-unsaturated/α-hetero) is 1. The van der Waals surface area contributed by atoms with Crippen molar-refractivity contribution in [3.05, 3.63) is 29.8 Å². The highest BCUT2D eigenvalue weighted by atomic mass is 16.5. The van der Waals surface area contributed by atoms with Gasteiger partial charge in [-0.25, -0.2) is 0 Å². The summed E-state index contributed by atoms with van der Waals surface area (Å²) in [6.07, 6.45) is 0.258. The lowest BCUT2D eigenvalue weighted by atomic mass is 9.88. The molecule has 0 saturated heterocycles. The van der Waals surface area contributed by atoms with Crippen LogP contribution in [0.25, 0.3) is 0 Å². The molecule has 1 rings (SSSR count). The zero-order valence-electron chi connectivity index (χ0n) is 10.5. The van der Waals surface area contributed by atoms with E-state index in [1.165, 1.54) is 5.56 Å². The summed E-state index contributed by atoms with van der Waals surface area (Å²) in [6, 6.07) is 9.64. The van der Waals surface area contributed by atoms with Gasteiger partial charge in [0, 0.05) is 6.42 Å². The summed E-state index contributed by atoms with van der Waals surface area (Å²) in [7, 11) is 0. The molecule has 0 bridgehead atoms. The van der Waals surface area contributed by atoms with Gasteiger partial charge in [0.2, 0.25) is 0 Å². The Morgan fingerprint density at radius 1 is 1.35 bits per heavy atom. The number of ether oxygens (including phenoxy) is 1. The number of rotatable bonds is 5. The molecule has 0 amide bonds. The smallest absolute Gasteiger partial charge is 0.155 e. The molecular weight excluding hydrogens is 214 g/mol. The van der Waals surface area contributed by atoms with Crippen molar-refractivity contribution in [2.75, 3.05) is 6.61 Å². The van der Waals surface area contributed by atoms with Gasteiger partial charge in [-0.2, -0.15) is 5.26 Å². The molecule has 17 heavy (non-hydrogen) atoms. The quantitative estimate of drug-likeness (QED) is 0.782. The third kappa shape index (κ3) is 3.92. The minimum absolute atomic E-state index is 0.0906. The summed E-state index contributed by atoms with van der Waals surface area (Å²) in [5.41, 5.74) is 0.246. The van der Waals surface area contributed by atoms with Gasteiger partial charge < -0.3 is 4.74 Å². The molecule has 3 heteroatoms. The maximum atomic E-state index is 11.6. The molecule has 0 atom stereocenters. The fourth-order valence-corrected chi connectivity index (χ4v) is 1.27. The predicted octanol–water partition coefficient (Wildman–Crippen LogP) is 2.88. The van der Waals surface area contributed by atoms with Gasteiger partial charge in [0.1, 0.15) is 11.2 Å². The van der Waals surface area contributed by atoms with E-state index in [0.717, 1.165) is 5.75 Å². The van der Waals surface area contributed by atoms with Crippen molar-refractivity contribution >= 4 is 5.78 Å².